The fraction of sp³-hybridized carbons (Fsp3) is 0.118. The molecule has 1 aromatic carbocycles. The highest BCUT2D eigenvalue weighted by molar-refractivity contribution is 9.11. The molecule has 0 bridgehead atoms. The van der Waals surface area contributed by atoms with Gasteiger partial charge in [0.05, 0.1) is 5.69 Å². The van der Waals surface area contributed by atoms with Crippen LogP contribution in [0.3, 0.4) is 0 Å². The number of aldehydes is 1. The zero-order valence-corrected chi connectivity index (χ0v) is 14.6. The molecular formula is C17H13Br2NO. The van der Waals surface area contributed by atoms with Crippen molar-refractivity contribution in [2.24, 2.45) is 0 Å². The zero-order valence-electron chi connectivity index (χ0n) is 11.4. The Morgan fingerprint density at radius 2 is 1.90 bits per heavy atom. The van der Waals surface area contributed by atoms with Gasteiger partial charge in [-0.3, -0.25) is 4.79 Å². The van der Waals surface area contributed by atoms with Crippen molar-refractivity contribution in [2.45, 2.75) is 13.3 Å². The van der Waals surface area contributed by atoms with Crippen molar-refractivity contribution < 1.29 is 4.79 Å². The predicted octanol–water partition coefficient (Wildman–Crippen LogP) is 5.51. The van der Waals surface area contributed by atoms with Crippen LogP contribution in [0.1, 0.15) is 23.0 Å². The van der Waals surface area contributed by atoms with E-state index in [9.17, 15) is 4.79 Å². The third-order valence-corrected chi connectivity index (χ3v) is 4.79. The van der Waals surface area contributed by atoms with Gasteiger partial charge in [-0.1, -0.05) is 44.8 Å². The summed E-state index contributed by atoms with van der Waals surface area (Å²) in [6.07, 6.45) is 3.91. The Bertz CT molecular complexity index is 836. The molecule has 4 heteroatoms. The summed E-state index contributed by atoms with van der Waals surface area (Å²) in [6.45, 7) is 2.11. The van der Waals surface area contributed by atoms with Crippen molar-refractivity contribution in [3.63, 3.8) is 0 Å². The number of carbonyl (C=O) groups is 1. The molecule has 0 saturated heterocycles. The molecule has 0 aliphatic heterocycles. The number of aromatic nitrogens is 1. The lowest BCUT2D eigenvalue weighted by Gasteiger charge is -2.05. The summed E-state index contributed by atoms with van der Waals surface area (Å²) in [5, 5.41) is 0. The van der Waals surface area contributed by atoms with Crippen LogP contribution in [0.15, 0.2) is 51.5 Å². The molecule has 0 fully saturated rings. The molecule has 2 nitrogen and oxygen atoms in total. The lowest BCUT2D eigenvalue weighted by molar-refractivity contribution is 0.111. The second-order valence-electron chi connectivity index (χ2n) is 4.87. The van der Waals surface area contributed by atoms with Crippen LogP contribution in [0.4, 0.5) is 0 Å². The first-order chi connectivity index (χ1) is 10.1. The molecule has 0 N–H and O–H groups in total. The van der Waals surface area contributed by atoms with Crippen molar-refractivity contribution in [3.05, 3.63) is 62.8 Å². The number of benzene rings is 1. The van der Waals surface area contributed by atoms with Gasteiger partial charge in [0.1, 0.15) is 0 Å². The normalized spacial score (nSPS) is 11.0. The van der Waals surface area contributed by atoms with Gasteiger partial charge in [0.2, 0.25) is 0 Å². The monoisotopic (exact) mass is 405 g/mol. The lowest BCUT2D eigenvalue weighted by Crippen LogP contribution is -1.94. The average molecular weight is 407 g/mol. The van der Waals surface area contributed by atoms with Crippen molar-refractivity contribution in [2.75, 3.05) is 0 Å². The number of rotatable bonds is 3. The highest BCUT2D eigenvalue weighted by atomic mass is 79.9. The van der Waals surface area contributed by atoms with Crippen LogP contribution in [-0.4, -0.2) is 10.7 Å². The fourth-order valence-corrected chi connectivity index (χ4v) is 3.30. The molecule has 0 aliphatic rings. The minimum atomic E-state index is 0.680. The number of hydrogen-bond acceptors (Lipinski definition) is 1. The molecule has 3 rings (SSSR count). The minimum absolute atomic E-state index is 0.680. The van der Waals surface area contributed by atoms with Crippen molar-refractivity contribution in [1.82, 2.24) is 4.40 Å². The Kier molecular flexibility index (Phi) is 4.00. The molecule has 0 amide bonds. The Labute approximate surface area is 140 Å². The second-order valence-corrected chi connectivity index (χ2v) is 6.64. The number of hydrogen-bond donors (Lipinski definition) is 0. The Morgan fingerprint density at radius 1 is 1.10 bits per heavy atom. The van der Waals surface area contributed by atoms with E-state index in [1.165, 1.54) is 5.56 Å². The van der Waals surface area contributed by atoms with Crippen LogP contribution in [0.25, 0.3) is 16.6 Å². The fourth-order valence-electron chi connectivity index (χ4n) is 2.48. The topological polar surface area (TPSA) is 21.5 Å². The molecule has 21 heavy (non-hydrogen) atoms. The summed E-state index contributed by atoms with van der Waals surface area (Å²) < 4.78 is 3.93. The summed E-state index contributed by atoms with van der Waals surface area (Å²) in [6, 6.07) is 12.2. The first-order valence-electron chi connectivity index (χ1n) is 6.68. The molecular weight excluding hydrogens is 394 g/mol. The molecule has 2 heterocycles. The van der Waals surface area contributed by atoms with E-state index in [2.05, 4.69) is 57.0 Å². The third kappa shape index (κ3) is 2.58. The standard InChI is InChI=1S/C17H13Br2NO/c1-2-11-3-5-13-8-15(17(10-21)20(13)9-11)14-7-12(18)4-6-16(14)19/h3-10H,2H2,1H3. The zero-order chi connectivity index (χ0) is 15.0. The van der Waals surface area contributed by atoms with E-state index in [4.69, 9.17) is 0 Å². The van der Waals surface area contributed by atoms with Crippen LogP contribution >= 0.6 is 31.9 Å². The van der Waals surface area contributed by atoms with Gasteiger partial charge in [-0.15, -0.1) is 0 Å². The van der Waals surface area contributed by atoms with Crippen LogP contribution in [0.2, 0.25) is 0 Å². The number of halogens is 2. The average Bonchev–Trinajstić information content (AvgIpc) is 2.86. The predicted molar refractivity (Wildman–Crippen MR) is 93.0 cm³/mol. The Hall–Kier alpha value is -1.39. The summed E-state index contributed by atoms with van der Waals surface area (Å²) >= 11 is 7.06. The van der Waals surface area contributed by atoms with E-state index < -0.39 is 0 Å². The number of pyridine rings is 1. The number of fused-ring (bicyclic) bond motifs is 1. The molecule has 106 valence electrons. The largest absolute Gasteiger partial charge is 0.313 e. The van der Waals surface area contributed by atoms with Gasteiger partial charge in [-0.25, -0.2) is 0 Å². The summed E-state index contributed by atoms with van der Waals surface area (Å²) in [5.74, 6) is 0. The minimum Gasteiger partial charge on any atom is -0.313 e. The summed E-state index contributed by atoms with van der Waals surface area (Å²) in [5.41, 5.74) is 4.86. The molecule has 2 aromatic heterocycles. The van der Waals surface area contributed by atoms with Crippen LogP contribution in [0, 0.1) is 0 Å². The van der Waals surface area contributed by atoms with Crippen molar-refractivity contribution in [3.8, 4) is 11.1 Å². The number of aryl methyl sites for hydroxylation is 1. The lowest BCUT2D eigenvalue weighted by atomic mass is 10.1. The van der Waals surface area contributed by atoms with Crippen LogP contribution in [0.5, 0.6) is 0 Å². The SMILES string of the molecule is CCc1ccc2cc(-c3cc(Br)ccc3Br)c(C=O)n2c1. The van der Waals surface area contributed by atoms with Gasteiger partial charge in [0.15, 0.2) is 6.29 Å². The van der Waals surface area contributed by atoms with E-state index in [1.54, 1.807) is 0 Å². The summed E-state index contributed by atoms with van der Waals surface area (Å²) in [7, 11) is 0. The molecule has 0 radical (unpaired) electrons. The first kappa shape index (κ1) is 14.5. The highest BCUT2D eigenvalue weighted by Crippen LogP contribution is 2.34. The molecule has 3 aromatic rings. The van der Waals surface area contributed by atoms with Crippen molar-refractivity contribution >= 4 is 43.7 Å². The number of nitrogens with zero attached hydrogens (tertiary/aromatic N) is 1. The van der Waals surface area contributed by atoms with E-state index in [0.717, 1.165) is 38.3 Å². The third-order valence-electron chi connectivity index (χ3n) is 3.61. The quantitative estimate of drug-likeness (QED) is 0.525. The molecule has 0 aliphatic carbocycles. The maximum atomic E-state index is 11.6. The number of carbonyl (C=O) groups excluding carboxylic acids is 1. The smallest absolute Gasteiger partial charge is 0.167 e. The Morgan fingerprint density at radius 3 is 2.62 bits per heavy atom. The van der Waals surface area contributed by atoms with Gasteiger partial charge in [-0.2, -0.15) is 0 Å². The maximum absolute atomic E-state index is 11.6. The van der Waals surface area contributed by atoms with Crippen molar-refractivity contribution in [1.29, 1.82) is 0 Å². The molecule has 0 spiro atoms. The van der Waals surface area contributed by atoms with Crippen LogP contribution in [-0.2, 0) is 6.42 Å². The van der Waals surface area contributed by atoms with Gasteiger partial charge < -0.3 is 4.40 Å². The first-order valence-corrected chi connectivity index (χ1v) is 8.27. The van der Waals surface area contributed by atoms with E-state index in [1.807, 2.05) is 28.8 Å². The molecule has 0 saturated carbocycles. The molecule has 0 atom stereocenters. The van der Waals surface area contributed by atoms with Gasteiger partial charge in [0, 0.05) is 26.2 Å². The van der Waals surface area contributed by atoms with E-state index >= 15 is 0 Å². The van der Waals surface area contributed by atoms with Gasteiger partial charge in [-0.05, 0) is 47.9 Å². The van der Waals surface area contributed by atoms with E-state index in [0.29, 0.717) is 5.69 Å². The van der Waals surface area contributed by atoms with Crippen LogP contribution < -0.4 is 0 Å². The summed E-state index contributed by atoms with van der Waals surface area (Å²) in [4.78, 5) is 11.6. The Balaban J connectivity index is 2.32. The highest BCUT2D eigenvalue weighted by Gasteiger charge is 2.14. The maximum Gasteiger partial charge on any atom is 0.167 e. The second kappa shape index (κ2) is 5.78. The van der Waals surface area contributed by atoms with E-state index in [-0.39, 0.29) is 0 Å². The van der Waals surface area contributed by atoms with Gasteiger partial charge in [0.25, 0.3) is 0 Å². The van der Waals surface area contributed by atoms with Gasteiger partial charge >= 0.3 is 0 Å². The molecule has 0 unspecified atom stereocenters.